The maximum absolute atomic E-state index is 13.6. The molecule has 2 aromatic rings. The number of ether oxygens (including phenoxy) is 3. The molecule has 0 aliphatic carbocycles. The van der Waals surface area contributed by atoms with Gasteiger partial charge in [0.2, 0.25) is 5.82 Å². The molecule has 0 unspecified atom stereocenters. The highest BCUT2D eigenvalue weighted by atomic mass is 19.2. The molecule has 0 aliphatic rings. The molecule has 144 valence electrons. The maximum atomic E-state index is 13.6. The lowest BCUT2D eigenvalue weighted by Gasteiger charge is -2.11. The van der Waals surface area contributed by atoms with Gasteiger partial charge in [-0.25, -0.2) is 26.7 Å². The summed E-state index contributed by atoms with van der Waals surface area (Å²) in [5, 5.41) is 0. The molecule has 0 saturated carbocycles. The monoisotopic (exact) mass is 390 g/mol. The minimum atomic E-state index is -2.33. The molecular formula is C17H11F5O5. The number of methoxy groups -OCH3 is 2. The van der Waals surface area contributed by atoms with Crippen LogP contribution in [0, 0.1) is 29.1 Å². The molecule has 0 radical (unpaired) electrons. The number of benzene rings is 2. The lowest BCUT2D eigenvalue weighted by Crippen LogP contribution is -2.17. The van der Waals surface area contributed by atoms with Gasteiger partial charge in [-0.15, -0.1) is 0 Å². The van der Waals surface area contributed by atoms with Gasteiger partial charge in [0, 0.05) is 5.56 Å². The molecule has 0 N–H and O–H groups in total. The van der Waals surface area contributed by atoms with E-state index in [-0.39, 0.29) is 17.1 Å². The number of rotatable bonds is 5. The second-order valence-electron chi connectivity index (χ2n) is 5.06. The van der Waals surface area contributed by atoms with Crippen LogP contribution in [0.25, 0.3) is 0 Å². The molecule has 10 heteroatoms. The van der Waals surface area contributed by atoms with Gasteiger partial charge < -0.3 is 14.2 Å². The van der Waals surface area contributed by atoms with E-state index in [1.165, 1.54) is 19.2 Å². The first kappa shape index (κ1) is 20.1. The highest BCUT2D eigenvalue weighted by Crippen LogP contribution is 2.29. The van der Waals surface area contributed by atoms with Gasteiger partial charge in [0.15, 0.2) is 34.8 Å². The van der Waals surface area contributed by atoms with E-state index in [9.17, 15) is 31.5 Å². The van der Waals surface area contributed by atoms with Crippen LogP contribution in [-0.4, -0.2) is 26.2 Å². The Bertz CT molecular complexity index is 884. The van der Waals surface area contributed by atoms with Crippen LogP contribution in [0.15, 0.2) is 18.2 Å². The van der Waals surface area contributed by atoms with E-state index in [0.29, 0.717) is 0 Å². The molecule has 5 nitrogen and oxygen atoms in total. The first-order valence-corrected chi connectivity index (χ1v) is 7.18. The van der Waals surface area contributed by atoms with Crippen molar-refractivity contribution in [3.8, 4) is 11.5 Å². The van der Waals surface area contributed by atoms with Crippen molar-refractivity contribution >= 4 is 11.9 Å². The Morgan fingerprint density at radius 3 is 1.93 bits per heavy atom. The molecule has 0 atom stereocenters. The Morgan fingerprint density at radius 1 is 0.852 bits per heavy atom. The summed E-state index contributed by atoms with van der Waals surface area (Å²) >= 11 is 0. The SMILES string of the molecule is COC(=O)c1ccc(OC(=O)Cc2c(F)c(F)c(F)c(F)c2F)c(OC)c1. The zero-order valence-corrected chi connectivity index (χ0v) is 13.9. The smallest absolute Gasteiger partial charge is 0.337 e. The van der Waals surface area contributed by atoms with E-state index in [1.54, 1.807) is 0 Å². The summed E-state index contributed by atoms with van der Waals surface area (Å²) in [6, 6.07) is 3.53. The normalized spacial score (nSPS) is 10.5. The standard InChI is InChI=1S/C17H11F5O5/c1-25-10-5-7(17(24)26-2)3-4-9(10)27-11(23)6-8-12(18)14(20)16(22)15(21)13(8)19/h3-5H,6H2,1-2H3. The number of hydrogen-bond donors (Lipinski definition) is 0. The summed E-state index contributed by atoms with van der Waals surface area (Å²) in [7, 11) is 2.34. The number of hydrogen-bond acceptors (Lipinski definition) is 5. The van der Waals surface area contributed by atoms with Crippen molar-refractivity contribution in [3.05, 3.63) is 58.4 Å². The average Bonchev–Trinajstić information content (AvgIpc) is 2.67. The molecule has 0 bridgehead atoms. The van der Waals surface area contributed by atoms with Crippen LogP contribution in [0.2, 0.25) is 0 Å². The summed E-state index contributed by atoms with van der Waals surface area (Å²) in [6.07, 6.45) is -1.23. The first-order chi connectivity index (χ1) is 12.7. The molecule has 2 aromatic carbocycles. The first-order valence-electron chi connectivity index (χ1n) is 7.18. The van der Waals surface area contributed by atoms with E-state index in [0.717, 1.165) is 13.2 Å². The van der Waals surface area contributed by atoms with Crippen molar-refractivity contribution in [1.29, 1.82) is 0 Å². The Kier molecular flexibility index (Phi) is 5.98. The molecule has 27 heavy (non-hydrogen) atoms. The van der Waals surface area contributed by atoms with Crippen molar-refractivity contribution in [2.24, 2.45) is 0 Å². The summed E-state index contributed by atoms with van der Waals surface area (Å²) < 4.78 is 80.9. The number of halogens is 5. The van der Waals surface area contributed by atoms with Gasteiger partial charge in [0.1, 0.15) is 0 Å². The molecule has 0 fully saturated rings. The Balaban J connectivity index is 2.28. The predicted molar refractivity (Wildman–Crippen MR) is 79.9 cm³/mol. The fourth-order valence-corrected chi connectivity index (χ4v) is 2.11. The van der Waals surface area contributed by atoms with Crippen LogP contribution in [0.3, 0.4) is 0 Å². The summed E-state index contributed by atoms with van der Waals surface area (Å²) in [4.78, 5) is 23.3. The highest BCUT2D eigenvalue weighted by Gasteiger charge is 2.27. The molecular weight excluding hydrogens is 379 g/mol. The fraction of sp³-hybridized carbons (Fsp3) is 0.176. The van der Waals surface area contributed by atoms with Crippen molar-refractivity contribution in [2.45, 2.75) is 6.42 Å². The minimum Gasteiger partial charge on any atom is -0.493 e. The van der Waals surface area contributed by atoms with E-state index in [1.807, 2.05) is 0 Å². The largest absolute Gasteiger partial charge is 0.493 e. The van der Waals surface area contributed by atoms with Crippen molar-refractivity contribution in [1.82, 2.24) is 0 Å². The number of carbonyl (C=O) groups is 2. The lowest BCUT2D eigenvalue weighted by molar-refractivity contribution is -0.133. The van der Waals surface area contributed by atoms with Gasteiger partial charge in [0.25, 0.3) is 0 Å². The van der Waals surface area contributed by atoms with Gasteiger partial charge in [-0.2, -0.15) is 0 Å². The Labute approximate surface area is 149 Å². The third kappa shape index (κ3) is 3.99. The fourth-order valence-electron chi connectivity index (χ4n) is 2.11. The third-order valence-electron chi connectivity index (χ3n) is 3.43. The second kappa shape index (κ2) is 8.02. The zero-order chi connectivity index (χ0) is 20.3. The maximum Gasteiger partial charge on any atom is 0.337 e. The topological polar surface area (TPSA) is 61.8 Å². The van der Waals surface area contributed by atoms with Gasteiger partial charge in [-0.1, -0.05) is 0 Å². The van der Waals surface area contributed by atoms with E-state index in [4.69, 9.17) is 9.47 Å². The van der Waals surface area contributed by atoms with Gasteiger partial charge >= 0.3 is 11.9 Å². The molecule has 0 aromatic heterocycles. The van der Waals surface area contributed by atoms with Gasteiger partial charge in [-0.3, -0.25) is 4.79 Å². The van der Waals surface area contributed by atoms with Crippen LogP contribution < -0.4 is 9.47 Å². The number of esters is 2. The Hall–Kier alpha value is -3.17. The van der Waals surface area contributed by atoms with Gasteiger partial charge in [0.05, 0.1) is 26.2 Å². The van der Waals surface area contributed by atoms with Crippen LogP contribution in [0.1, 0.15) is 15.9 Å². The van der Waals surface area contributed by atoms with Crippen molar-refractivity contribution in [2.75, 3.05) is 14.2 Å². The molecule has 0 spiro atoms. The molecule has 0 saturated heterocycles. The molecule has 0 aliphatic heterocycles. The quantitative estimate of drug-likeness (QED) is 0.258. The van der Waals surface area contributed by atoms with E-state index >= 15 is 0 Å². The highest BCUT2D eigenvalue weighted by molar-refractivity contribution is 5.90. The molecule has 0 heterocycles. The summed E-state index contributed by atoms with van der Waals surface area (Å²) in [6.45, 7) is 0. The lowest BCUT2D eigenvalue weighted by atomic mass is 10.1. The van der Waals surface area contributed by atoms with Gasteiger partial charge in [-0.05, 0) is 18.2 Å². The van der Waals surface area contributed by atoms with Crippen LogP contribution in [-0.2, 0) is 16.0 Å². The van der Waals surface area contributed by atoms with Crippen LogP contribution in [0.4, 0.5) is 22.0 Å². The van der Waals surface area contributed by atoms with Crippen LogP contribution >= 0.6 is 0 Å². The van der Waals surface area contributed by atoms with Crippen LogP contribution in [0.5, 0.6) is 11.5 Å². The van der Waals surface area contributed by atoms with E-state index in [2.05, 4.69) is 4.74 Å². The van der Waals surface area contributed by atoms with E-state index < -0.39 is 53.0 Å². The molecule has 0 amide bonds. The Morgan fingerprint density at radius 2 is 1.41 bits per heavy atom. The van der Waals surface area contributed by atoms with Crippen molar-refractivity contribution < 1.29 is 45.8 Å². The average molecular weight is 390 g/mol. The summed E-state index contributed by atoms with van der Waals surface area (Å²) in [5.74, 6) is -13.3. The third-order valence-corrected chi connectivity index (χ3v) is 3.43. The molecule has 2 rings (SSSR count). The van der Waals surface area contributed by atoms with Crippen molar-refractivity contribution in [3.63, 3.8) is 0 Å². The minimum absolute atomic E-state index is 0.0638. The predicted octanol–water partition coefficient (Wildman–Crippen LogP) is 3.33. The summed E-state index contributed by atoms with van der Waals surface area (Å²) in [5.41, 5.74) is -1.27. The zero-order valence-electron chi connectivity index (χ0n) is 13.9. The second-order valence-corrected chi connectivity index (χ2v) is 5.06. The number of carbonyl (C=O) groups excluding carboxylic acids is 2.